The highest BCUT2D eigenvalue weighted by Crippen LogP contribution is 2.49. The van der Waals surface area contributed by atoms with Crippen molar-refractivity contribution in [2.24, 2.45) is 5.92 Å². The van der Waals surface area contributed by atoms with Gasteiger partial charge < -0.3 is 5.32 Å². The number of rotatable bonds is 9. The first-order chi connectivity index (χ1) is 17.3. The molecule has 1 aliphatic carbocycles. The van der Waals surface area contributed by atoms with Crippen molar-refractivity contribution < 1.29 is 13.6 Å². The fraction of sp³-hybridized carbons (Fsp3) is 0.357. The van der Waals surface area contributed by atoms with Gasteiger partial charge in [-0.05, 0) is 50.0 Å². The van der Waals surface area contributed by atoms with Crippen LogP contribution in [0.2, 0.25) is 0 Å². The minimum Gasteiger partial charge on any atom is -0.310 e. The molecule has 0 spiro atoms. The molecule has 0 aromatic carbocycles. The van der Waals surface area contributed by atoms with Crippen molar-refractivity contribution in [3.05, 3.63) is 71.7 Å². The number of halogens is 2. The minimum atomic E-state index is -2.93. The Morgan fingerprint density at radius 1 is 1.31 bits per heavy atom. The number of anilines is 1. The lowest BCUT2D eigenvalue weighted by Gasteiger charge is -2.16. The number of pyridine rings is 2. The molecule has 0 radical (unpaired) electrons. The molecule has 1 atom stereocenters. The van der Waals surface area contributed by atoms with Gasteiger partial charge in [-0.1, -0.05) is 44.1 Å². The first-order valence-corrected chi connectivity index (χ1v) is 12.3. The second kappa shape index (κ2) is 10.5. The molecule has 188 valence electrons. The van der Waals surface area contributed by atoms with E-state index in [2.05, 4.69) is 54.4 Å². The molecule has 3 aromatic rings. The third-order valence-corrected chi connectivity index (χ3v) is 6.20. The van der Waals surface area contributed by atoms with E-state index in [0.717, 1.165) is 41.4 Å². The molecule has 8 heteroatoms. The maximum atomic E-state index is 13.3. The van der Waals surface area contributed by atoms with Crippen LogP contribution in [0.15, 0.2) is 66.2 Å². The Balaban J connectivity index is 1.76. The molecule has 0 saturated heterocycles. The summed E-state index contributed by atoms with van der Waals surface area (Å²) < 4.78 is 28.3. The molecule has 0 bridgehead atoms. The number of nitrogens with zero attached hydrogens (tertiary/aromatic N) is 4. The van der Waals surface area contributed by atoms with Crippen molar-refractivity contribution in [3.63, 3.8) is 0 Å². The van der Waals surface area contributed by atoms with Crippen molar-refractivity contribution in [2.75, 3.05) is 5.32 Å². The van der Waals surface area contributed by atoms with Gasteiger partial charge in [0.05, 0.1) is 5.52 Å². The van der Waals surface area contributed by atoms with Crippen LogP contribution in [0.1, 0.15) is 58.9 Å². The molecule has 1 unspecified atom stereocenters. The largest absolute Gasteiger partial charge is 0.310 e. The van der Waals surface area contributed by atoms with E-state index in [-0.39, 0.29) is 5.82 Å². The normalized spacial score (nSPS) is 17.9. The topological polar surface area (TPSA) is 72.7 Å². The summed E-state index contributed by atoms with van der Waals surface area (Å²) in [5.41, 5.74) is 4.91. The molecule has 1 saturated carbocycles. The second-order valence-corrected chi connectivity index (χ2v) is 9.05. The van der Waals surface area contributed by atoms with E-state index in [1.807, 2.05) is 25.3 Å². The standard InChI is InChI=1S/C28H31F2N5O/c1-5-9-19(10-6-2)13-18(4)21(7-3)22-14-20-17-31-25(34-27(36)23-16-28(23,29)30)15-24(20)33-26(22)35-12-8-11-32-35/h7-9,11-15,17,23H,5-6,10,16H2,1-4H3,(H,31,34,36)/b18-13-,19-9+,21-7+. The Morgan fingerprint density at radius 3 is 2.69 bits per heavy atom. The first-order valence-electron chi connectivity index (χ1n) is 12.3. The van der Waals surface area contributed by atoms with Gasteiger partial charge in [0.25, 0.3) is 5.92 Å². The number of fused-ring (bicyclic) bond motifs is 1. The lowest BCUT2D eigenvalue weighted by molar-refractivity contribution is -0.119. The number of allylic oxidation sites excluding steroid dienone is 6. The minimum absolute atomic E-state index is 0.193. The summed E-state index contributed by atoms with van der Waals surface area (Å²) in [5, 5.41) is 7.66. The number of hydrogen-bond acceptors (Lipinski definition) is 4. The predicted molar refractivity (Wildman–Crippen MR) is 139 cm³/mol. The summed E-state index contributed by atoms with van der Waals surface area (Å²) in [6, 6.07) is 5.43. The number of carbonyl (C=O) groups excluding carboxylic acids is 1. The zero-order chi connectivity index (χ0) is 25.9. The highest BCUT2D eigenvalue weighted by Gasteiger charge is 2.61. The SMILES string of the molecule is C\C=C(/C(C)=C\C(=C\CC)CCC)c1cc2cnc(NC(=O)C3CC3(F)F)cc2nc1-n1cccn1. The van der Waals surface area contributed by atoms with Crippen LogP contribution < -0.4 is 5.32 Å². The number of alkyl halides is 2. The molecule has 0 aliphatic heterocycles. The van der Waals surface area contributed by atoms with Crippen LogP contribution in [-0.2, 0) is 4.79 Å². The third kappa shape index (κ3) is 5.42. The fourth-order valence-electron chi connectivity index (χ4n) is 4.34. The molecule has 1 fully saturated rings. The highest BCUT2D eigenvalue weighted by molar-refractivity contribution is 5.96. The van der Waals surface area contributed by atoms with Crippen LogP contribution in [0.25, 0.3) is 22.3 Å². The monoisotopic (exact) mass is 491 g/mol. The second-order valence-electron chi connectivity index (χ2n) is 9.05. The van der Waals surface area contributed by atoms with Crippen LogP contribution in [-0.4, -0.2) is 31.6 Å². The van der Waals surface area contributed by atoms with Crippen LogP contribution >= 0.6 is 0 Å². The van der Waals surface area contributed by atoms with Gasteiger partial charge in [0, 0.05) is 42.0 Å². The van der Waals surface area contributed by atoms with Crippen molar-refractivity contribution in [2.45, 2.75) is 59.3 Å². The Kier molecular flexibility index (Phi) is 7.43. The maximum Gasteiger partial charge on any atom is 0.260 e. The van der Waals surface area contributed by atoms with Crippen molar-refractivity contribution in [3.8, 4) is 5.82 Å². The molecular weight excluding hydrogens is 460 g/mol. The summed E-state index contributed by atoms with van der Waals surface area (Å²) in [4.78, 5) is 21.3. The van der Waals surface area contributed by atoms with Crippen molar-refractivity contribution in [1.29, 1.82) is 0 Å². The van der Waals surface area contributed by atoms with E-state index < -0.39 is 24.2 Å². The number of nitrogens with one attached hydrogen (secondary N) is 1. The van der Waals surface area contributed by atoms with Gasteiger partial charge in [0.1, 0.15) is 11.7 Å². The van der Waals surface area contributed by atoms with Crippen LogP contribution in [0.5, 0.6) is 0 Å². The summed E-state index contributed by atoms with van der Waals surface area (Å²) in [6.07, 6.45) is 14.3. The van der Waals surface area contributed by atoms with E-state index in [1.54, 1.807) is 23.1 Å². The average molecular weight is 492 g/mol. The van der Waals surface area contributed by atoms with E-state index in [9.17, 15) is 13.6 Å². The molecule has 6 nitrogen and oxygen atoms in total. The molecule has 4 rings (SSSR count). The summed E-state index contributed by atoms with van der Waals surface area (Å²) >= 11 is 0. The molecule has 3 aromatic heterocycles. The zero-order valence-corrected chi connectivity index (χ0v) is 21.1. The Bertz CT molecular complexity index is 1360. The highest BCUT2D eigenvalue weighted by atomic mass is 19.3. The van der Waals surface area contributed by atoms with E-state index >= 15 is 0 Å². The molecule has 3 heterocycles. The van der Waals surface area contributed by atoms with Crippen LogP contribution in [0, 0.1) is 5.92 Å². The summed E-state index contributed by atoms with van der Waals surface area (Å²) in [6.45, 7) is 8.40. The predicted octanol–water partition coefficient (Wildman–Crippen LogP) is 6.90. The quantitative estimate of drug-likeness (QED) is 0.331. The van der Waals surface area contributed by atoms with Crippen molar-refractivity contribution in [1.82, 2.24) is 19.7 Å². The number of hydrogen-bond donors (Lipinski definition) is 1. The van der Waals surface area contributed by atoms with Crippen LogP contribution in [0.4, 0.5) is 14.6 Å². The molecule has 36 heavy (non-hydrogen) atoms. The van der Waals surface area contributed by atoms with E-state index in [0.29, 0.717) is 11.3 Å². The number of amides is 1. The Labute approximate surface area is 209 Å². The summed E-state index contributed by atoms with van der Waals surface area (Å²) in [7, 11) is 0. The smallest absolute Gasteiger partial charge is 0.260 e. The Morgan fingerprint density at radius 2 is 2.08 bits per heavy atom. The first kappa shape index (κ1) is 25.4. The maximum absolute atomic E-state index is 13.3. The van der Waals surface area contributed by atoms with Gasteiger partial charge in [0.2, 0.25) is 5.91 Å². The Hall–Kier alpha value is -3.68. The van der Waals surface area contributed by atoms with Crippen molar-refractivity contribution >= 4 is 28.2 Å². The zero-order valence-electron chi connectivity index (χ0n) is 21.1. The van der Waals surface area contributed by atoms with Gasteiger partial charge in [-0.2, -0.15) is 5.10 Å². The molecule has 1 N–H and O–H groups in total. The molecule has 1 aliphatic rings. The summed E-state index contributed by atoms with van der Waals surface area (Å²) in [5.74, 6) is -4.13. The fourth-order valence-corrected chi connectivity index (χ4v) is 4.34. The van der Waals surface area contributed by atoms with E-state index in [4.69, 9.17) is 4.98 Å². The average Bonchev–Trinajstić information content (AvgIpc) is 3.20. The van der Waals surface area contributed by atoms with Gasteiger partial charge in [-0.3, -0.25) is 4.79 Å². The lowest BCUT2D eigenvalue weighted by Crippen LogP contribution is -2.18. The lowest BCUT2D eigenvalue weighted by atomic mass is 9.95. The molecular formula is C28H31F2N5O. The van der Waals surface area contributed by atoms with E-state index in [1.165, 1.54) is 5.57 Å². The van der Waals surface area contributed by atoms with Crippen LogP contribution in [0.3, 0.4) is 0 Å². The van der Waals surface area contributed by atoms with Gasteiger partial charge in [0.15, 0.2) is 5.82 Å². The third-order valence-electron chi connectivity index (χ3n) is 6.20. The van der Waals surface area contributed by atoms with Gasteiger partial charge >= 0.3 is 0 Å². The van der Waals surface area contributed by atoms with Gasteiger partial charge in [-0.25, -0.2) is 23.4 Å². The number of aromatic nitrogens is 4. The van der Waals surface area contributed by atoms with Gasteiger partial charge in [-0.15, -0.1) is 0 Å². The number of carbonyl (C=O) groups is 1. The molecule has 1 amide bonds.